The van der Waals surface area contributed by atoms with Crippen LogP contribution >= 0.6 is 0 Å². The van der Waals surface area contributed by atoms with Crippen molar-refractivity contribution in [3.8, 4) is 5.75 Å². The maximum Gasteiger partial charge on any atom is 0.261 e. The predicted octanol–water partition coefficient (Wildman–Crippen LogP) is 4.84. The van der Waals surface area contributed by atoms with Gasteiger partial charge in [0.15, 0.2) is 6.61 Å². The zero-order chi connectivity index (χ0) is 23.6. The number of ether oxygens (including phenoxy) is 1. The van der Waals surface area contributed by atoms with E-state index in [-0.39, 0.29) is 18.4 Å². The first-order valence-electron chi connectivity index (χ1n) is 11.7. The molecule has 0 bridgehead atoms. The van der Waals surface area contributed by atoms with Crippen molar-refractivity contribution in [3.63, 3.8) is 0 Å². The van der Waals surface area contributed by atoms with Crippen LogP contribution in [0.25, 0.3) is 10.8 Å². The Labute approximate surface area is 196 Å². The van der Waals surface area contributed by atoms with Crippen LogP contribution in [0.2, 0.25) is 0 Å². The maximum atomic E-state index is 13.3. The summed E-state index contributed by atoms with van der Waals surface area (Å²) in [5, 5.41) is 5.01. The normalized spacial score (nSPS) is 11.9. The van der Waals surface area contributed by atoms with E-state index in [0.29, 0.717) is 37.6 Å². The third-order valence-electron chi connectivity index (χ3n) is 5.66. The molecule has 0 unspecified atom stereocenters. The molecule has 0 aliphatic heterocycles. The Morgan fingerprint density at radius 1 is 0.939 bits per heavy atom. The number of fused-ring (bicyclic) bond motifs is 1. The number of nitrogens with zero attached hydrogens (tertiary/aromatic N) is 1. The van der Waals surface area contributed by atoms with Gasteiger partial charge in [-0.15, -0.1) is 0 Å². The molecule has 0 aliphatic carbocycles. The van der Waals surface area contributed by atoms with E-state index in [1.165, 1.54) is 0 Å². The number of nitrogens with one attached hydrogen (secondary N) is 1. The molecule has 0 aromatic heterocycles. The molecule has 0 radical (unpaired) electrons. The number of rotatable bonds is 11. The molecule has 33 heavy (non-hydrogen) atoms. The van der Waals surface area contributed by atoms with Crippen molar-refractivity contribution < 1.29 is 14.3 Å². The van der Waals surface area contributed by atoms with Gasteiger partial charge in [-0.2, -0.15) is 0 Å². The van der Waals surface area contributed by atoms with Crippen molar-refractivity contribution in [2.75, 3.05) is 19.7 Å². The Hall–Kier alpha value is -3.34. The van der Waals surface area contributed by atoms with Gasteiger partial charge in [0.25, 0.3) is 5.91 Å². The minimum atomic E-state index is -0.531. The van der Waals surface area contributed by atoms with Crippen LogP contribution in [0.1, 0.15) is 32.8 Å². The van der Waals surface area contributed by atoms with Crippen LogP contribution in [-0.2, 0) is 16.0 Å². The lowest BCUT2D eigenvalue weighted by molar-refractivity contribution is -0.142. The van der Waals surface area contributed by atoms with Crippen molar-refractivity contribution in [3.05, 3.63) is 78.4 Å². The van der Waals surface area contributed by atoms with E-state index in [4.69, 9.17) is 4.74 Å². The van der Waals surface area contributed by atoms with E-state index in [1.54, 1.807) is 4.90 Å². The van der Waals surface area contributed by atoms with E-state index in [1.807, 2.05) is 79.7 Å². The lowest BCUT2D eigenvalue weighted by atomic mass is 10.1. The summed E-state index contributed by atoms with van der Waals surface area (Å²) in [7, 11) is 0. The van der Waals surface area contributed by atoms with E-state index in [9.17, 15) is 9.59 Å². The fourth-order valence-electron chi connectivity index (χ4n) is 3.86. The van der Waals surface area contributed by atoms with E-state index < -0.39 is 6.04 Å². The van der Waals surface area contributed by atoms with E-state index >= 15 is 0 Å². The number of carbonyl (C=O) groups excluding carboxylic acids is 2. The van der Waals surface area contributed by atoms with Crippen molar-refractivity contribution in [2.24, 2.45) is 5.92 Å². The van der Waals surface area contributed by atoms with Crippen molar-refractivity contribution in [1.82, 2.24) is 10.2 Å². The molecular formula is C28H34N2O3. The van der Waals surface area contributed by atoms with Gasteiger partial charge in [-0.25, -0.2) is 0 Å². The first kappa shape index (κ1) is 24.3. The molecule has 1 atom stereocenters. The van der Waals surface area contributed by atoms with Crippen LogP contribution in [0.3, 0.4) is 0 Å². The molecule has 1 N–H and O–H groups in total. The zero-order valence-electron chi connectivity index (χ0n) is 19.8. The number of hydrogen-bond acceptors (Lipinski definition) is 3. The molecular weight excluding hydrogens is 412 g/mol. The van der Waals surface area contributed by atoms with Crippen molar-refractivity contribution >= 4 is 22.6 Å². The van der Waals surface area contributed by atoms with Crippen molar-refractivity contribution in [1.29, 1.82) is 0 Å². The SMILES string of the molecule is CC[C@H](C(=O)NCC(C)C)N(CCc1ccccc1)C(=O)COc1cccc2ccccc12. The first-order valence-corrected chi connectivity index (χ1v) is 11.7. The highest BCUT2D eigenvalue weighted by molar-refractivity contribution is 5.90. The molecule has 0 saturated carbocycles. The zero-order valence-corrected chi connectivity index (χ0v) is 19.8. The van der Waals surface area contributed by atoms with Crippen LogP contribution in [0.15, 0.2) is 72.8 Å². The molecule has 2 amide bonds. The Kier molecular flexibility index (Phi) is 8.87. The molecule has 0 heterocycles. The summed E-state index contributed by atoms with van der Waals surface area (Å²) in [5.41, 5.74) is 1.13. The number of benzene rings is 3. The van der Waals surface area contributed by atoms with Gasteiger partial charge in [0, 0.05) is 18.5 Å². The highest BCUT2D eigenvalue weighted by Crippen LogP contribution is 2.25. The Balaban J connectivity index is 1.75. The Bertz CT molecular complexity index is 1040. The molecule has 3 aromatic carbocycles. The molecule has 0 spiro atoms. The van der Waals surface area contributed by atoms with Gasteiger partial charge in [-0.3, -0.25) is 9.59 Å². The van der Waals surface area contributed by atoms with Crippen LogP contribution in [0, 0.1) is 5.92 Å². The Morgan fingerprint density at radius 2 is 1.64 bits per heavy atom. The summed E-state index contributed by atoms with van der Waals surface area (Å²) in [6.45, 7) is 6.97. The largest absolute Gasteiger partial charge is 0.483 e. The average Bonchev–Trinajstić information content (AvgIpc) is 2.84. The fourth-order valence-corrected chi connectivity index (χ4v) is 3.86. The summed E-state index contributed by atoms with van der Waals surface area (Å²) in [4.78, 5) is 28.0. The van der Waals surface area contributed by atoms with Gasteiger partial charge in [0.05, 0.1) is 0 Å². The smallest absolute Gasteiger partial charge is 0.261 e. The lowest BCUT2D eigenvalue weighted by Crippen LogP contribution is -2.51. The van der Waals surface area contributed by atoms with Gasteiger partial charge >= 0.3 is 0 Å². The van der Waals surface area contributed by atoms with Gasteiger partial charge in [0.2, 0.25) is 5.91 Å². The lowest BCUT2D eigenvalue weighted by Gasteiger charge is -2.31. The summed E-state index contributed by atoms with van der Waals surface area (Å²) in [5.74, 6) is 0.708. The molecule has 174 valence electrons. The second kappa shape index (κ2) is 12.0. The number of carbonyl (C=O) groups is 2. The van der Waals surface area contributed by atoms with Gasteiger partial charge < -0.3 is 15.0 Å². The van der Waals surface area contributed by atoms with Crippen molar-refractivity contribution in [2.45, 2.75) is 39.7 Å². The second-order valence-electron chi connectivity index (χ2n) is 8.65. The van der Waals surface area contributed by atoms with Gasteiger partial charge in [-0.05, 0) is 35.8 Å². The summed E-state index contributed by atoms with van der Waals surface area (Å²) >= 11 is 0. The monoisotopic (exact) mass is 446 g/mol. The molecule has 3 rings (SSSR count). The summed E-state index contributed by atoms with van der Waals surface area (Å²) in [6.07, 6.45) is 1.22. The minimum Gasteiger partial charge on any atom is -0.483 e. The minimum absolute atomic E-state index is 0.113. The number of amides is 2. The number of hydrogen-bond donors (Lipinski definition) is 1. The third-order valence-corrected chi connectivity index (χ3v) is 5.66. The standard InChI is InChI=1S/C28H34N2O3/c1-4-25(28(32)29-19-21(2)3)30(18-17-22-11-6-5-7-12-22)27(31)20-33-26-16-10-14-23-13-8-9-15-24(23)26/h5-16,21,25H,4,17-20H2,1-3H3,(H,29,32)/t25-/m1/s1. The van der Waals surface area contributed by atoms with E-state index in [2.05, 4.69) is 19.2 Å². The second-order valence-corrected chi connectivity index (χ2v) is 8.65. The highest BCUT2D eigenvalue weighted by Gasteiger charge is 2.28. The highest BCUT2D eigenvalue weighted by atomic mass is 16.5. The predicted molar refractivity (Wildman–Crippen MR) is 133 cm³/mol. The quantitative estimate of drug-likeness (QED) is 0.458. The fraction of sp³-hybridized carbons (Fsp3) is 0.357. The molecule has 3 aromatic rings. The molecule has 0 fully saturated rings. The summed E-state index contributed by atoms with van der Waals surface area (Å²) < 4.78 is 5.96. The van der Waals surface area contributed by atoms with Crippen LogP contribution in [-0.4, -0.2) is 42.5 Å². The van der Waals surface area contributed by atoms with Crippen LogP contribution < -0.4 is 10.1 Å². The molecule has 0 saturated heterocycles. The van der Waals surface area contributed by atoms with Gasteiger partial charge in [-0.1, -0.05) is 87.5 Å². The molecule has 5 nitrogen and oxygen atoms in total. The molecule has 0 aliphatic rings. The maximum absolute atomic E-state index is 13.3. The van der Waals surface area contributed by atoms with Crippen LogP contribution in [0.4, 0.5) is 0 Å². The summed E-state index contributed by atoms with van der Waals surface area (Å²) in [6, 6.07) is 23.2. The molecule has 5 heteroatoms. The third kappa shape index (κ3) is 6.82. The topological polar surface area (TPSA) is 58.6 Å². The van der Waals surface area contributed by atoms with E-state index in [0.717, 1.165) is 16.3 Å². The van der Waals surface area contributed by atoms with Gasteiger partial charge in [0.1, 0.15) is 11.8 Å². The Morgan fingerprint density at radius 3 is 2.36 bits per heavy atom. The van der Waals surface area contributed by atoms with Crippen LogP contribution in [0.5, 0.6) is 5.75 Å². The first-order chi connectivity index (χ1) is 16.0. The average molecular weight is 447 g/mol.